The molecule has 0 saturated carbocycles. The van der Waals surface area contributed by atoms with E-state index in [9.17, 15) is 15.0 Å². The number of benzene rings is 1. The summed E-state index contributed by atoms with van der Waals surface area (Å²) in [5.41, 5.74) is -0.106. The first kappa shape index (κ1) is 16.7. The van der Waals surface area contributed by atoms with E-state index in [-0.39, 0.29) is 22.4 Å². The zero-order valence-corrected chi connectivity index (χ0v) is 14.9. The highest BCUT2D eigenvalue weighted by molar-refractivity contribution is 8.15. The van der Waals surface area contributed by atoms with Crippen LogP contribution in [-0.4, -0.2) is 61.1 Å². The molecular weight excluding hydrogens is 332 g/mol. The Morgan fingerprint density at radius 3 is 2.74 bits per heavy atom. The molecule has 23 heavy (non-hydrogen) atoms. The van der Waals surface area contributed by atoms with Crippen LogP contribution in [0.3, 0.4) is 0 Å². The first-order valence-electron chi connectivity index (χ1n) is 7.45. The fraction of sp³-hybridized carbons (Fsp3) is 0.500. The van der Waals surface area contributed by atoms with Gasteiger partial charge < -0.3 is 10.2 Å². The Labute approximate surface area is 144 Å². The zero-order valence-electron chi connectivity index (χ0n) is 13.3. The fourth-order valence-electron chi connectivity index (χ4n) is 2.88. The third-order valence-electron chi connectivity index (χ3n) is 4.63. The molecule has 0 bridgehead atoms. The van der Waals surface area contributed by atoms with Gasteiger partial charge in [-0.15, -0.1) is 23.5 Å². The van der Waals surface area contributed by atoms with Gasteiger partial charge in [-0.25, -0.2) is 0 Å². The maximum atomic E-state index is 11.6. The number of phenolic OH excluding ortho intramolecular Hbond substituents is 1. The van der Waals surface area contributed by atoms with E-state index in [1.54, 1.807) is 42.6 Å². The van der Waals surface area contributed by atoms with Crippen LogP contribution in [0.15, 0.2) is 29.3 Å². The minimum atomic E-state index is -0.854. The van der Waals surface area contributed by atoms with Crippen LogP contribution in [-0.2, 0) is 4.79 Å². The molecule has 0 radical (unpaired) electrons. The maximum Gasteiger partial charge on any atom is 0.324 e. The molecule has 4 atom stereocenters. The number of aromatic hydroxyl groups is 1. The van der Waals surface area contributed by atoms with Crippen LogP contribution in [0.4, 0.5) is 0 Å². The van der Waals surface area contributed by atoms with E-state index in [0.717, 1.165) is 10.6 Å². The molecule has 124 valence electrons. The summed E-state index contributed by atoms with van der Waals surface area (Å²) in [5.74, 6) is -0.00800. The van der Waals surface area contributed by atoms with Crippen molar-refractivity contribution in [3.05, 3.63) is 29.8 Å². The van der Waals surface area contributed by atoms with Crippen molar-refractivity contribution in [3.8, 4) is 5.75 Å². The van der Waals surface area contributed by atoms with Crippen molar-refractivity contribution in [2.45, 2.75) is 36.1 Å². The third-order valence-corrected chi connectivity index (χ3v) is 7.49. The van der Waals surface area contributed by atoms with Crippen LogP contribution in [0, 0.1) is 0 Å². The quantitative estimate of drug-likeness (QED) is 0.871. The van der Waals surface area contributed by atoms with Crippen molar-refractivity contribution < 1.29 is 15.0 Å². The Balaban J connectivity index is 1.87. The van der Waals surface area contributed by atoms with Crippen molar-refractivity contribution in [1.29, 1.82) is 0 Å². The van der Waals surface area contributed by atoms with Gasteiger partial charge in [0, 0.05) is 16.6 Å². The van der Waals surface area contributed by atoms with Gasteiger partial charge in [-0.1, -0.05) is 19.1 Å². The van der Waals surface area contributed by atoms with E-state index in [1.807, 2.05) is 24.1 Å². The Hall–Kier alpha value is -1.18. The van der Waals surface area contributed by atoms with Gasteiger partial charge in [-0.3, -0.25) is 14.7 Å². The first-order valence-corrected chi connectivity index (χ1v) is 9.38. The number of para-hydroxylation sites is 1. The summed E-state index contributed by atoms with van der Waals surface area (Å²) in [5, 5.41) is 20.6. The van der Waals surface area contributed by atoms with E-state index >= 15 is 0 Å². The normalized spacial score (nSPS) is 34.6. The maximum absolute atomic E-state index is 11.6. The number of carboxylic acid groups (broad SMARTS) is 1. The Bertz CT molecular complexity index is 666. The molecule has 7 heteroatoms. The molecule has 1 aromatic carbocycles. The lowest BCUT2D eigenvalue weighted by Gasteiger charge is -2.33. The predicted molar refractivity (Wildman–Crippen MR) is 95.5 cm³/mol. The number of carbonyl (C=O) groups is 1. The van der Waals surface area contributed by atoms with Crippen LogP contribution < -0.4 is 0 Å². The molecule has 2 aliphatic rings. The summed E-state index contributed by atoms with van der Waals surface area (Å²) in [6, 6.07) is 7.20. The van der Waals surface area contributed by atoms with Crippen molar-refractivity contribution in [1.82, 2.24) is 4.90 Å². The van der Waals surface area contributed by atoms with Crippen LogP contribution in [0.25, 0.3) is 0 Å². The van der Waals surface area contributed by atoms with Gasteiger partial charge in [-0.05, 0) is 26.1 Å². The second kappa shape index (κ2) is 6.03. The van der Waals surface area contributed by atoms with Crippen molar-refractivity contribution >= 4 is 34.5 Å². The average molecular weight is 352 g/mol. The molecule has 3 rings (SSSR count). The molecule has 1 saturated heterocycles. The van der Waals surface area contributed by atoms with Gasteiger partial charge in [0.2, 0.25) is 0 Å². The third kappa shape index (κ3) is 2.75. The molecule has 0 unspecified atom stereocenters. The highest BCUT2D eigenvalue weighted by Crippen LogP contribution is 2.44. The van der Waals surface area contributed by atoms with Gasteiger partial charge in [0.05, 0.1) is 11.4 Å². The number of hydrogen-bond acceptors (Lipinski definition) is 6. The van der Waals surface area contributed by atoms with Gasteiger partial charge in [-0.2, -0.15) is 0 Å². The number of thioether (sulfide) groups is 2. The lowest BCUT2D eigenvalue weighted by atomic mass is 10.0. The Morgan fingerprint density at radius 1 is 1.43 bits per heavy atom. The van der Waals surface area contributed by atoms with Gasteiger partial charge >= 0.3 is 5.97 Å². The molecule has 1 aromatic rings. The summed E-state index contributed by atoms with van der Waals surface area (Å²) in [7, 11) is 1.86. The number of nitrogens with zero attached hydrogens (tertiary/aromatic N) is 2. The highest BCUT2D eigenvalue weighted by Gasteiger charge is 2.51. The molecule has 2 aliphatic heterocycles. The van der Waals surface area contributed by atoms with E-state index in [0.29, 0.717) is 5.75 Å². The topological polar surface area (TPSA) is 73.1 Å². The number of hydrogen-bond donors (Lipinski definition) is 2. The summed E-state index contributed by atoms with van der Waals surface area (Å²) in [4.78, 5) is 18.3. The van der Waals surface area contributed by atoms with E-state index in [4.69, 9.17) is 4.99 Å². The van der Waals surface area contributed by atoms with E-state index < -0.39 is 11.5 Å². The zero-order chi connectivity index (χ0) is 16.8. The lowest BCUT2D eigenvalue weighted by molar-refractivity contribution is -0.147. The van der Waals surface area contributed by atoms with Gasteiger partial charge in [0.25, 0.3) is 0 Å². The molecule has 1 fully saturated rings. The summed E-state index contributed by atoms with van der Waals surface area (Å²) >= 11 is 3.29. The fourth-order valence-corrected chi connectivity index (χ4v) is 5.94. The summed E-state index contributed by atoms with van der Waals surface area (Å²) in [6.07, 6.45) is 0. The van der Waals surface area contributed by atoms with Crippen molar-refractivity contribution in [2.24, 2.45) is 4.99 Å². The largest absolute Gasteiger partial charge is 0.507 e. The lowest BCUT2D eigenvalue weighted by Crippen LogP contribution is -2.52. The molecule has 5 nitrogen and oxygen atoms in total. The first-order chi connectivity index (χ1) is 10.8. The Morgan fingerprint density at radius 2 is 2.13 bits per heavy atom. The van der Waals surface area contributed by atoms with Crippen molar-refractivity contribution in [3.63, 3.8) is 0 Å². The van der Waals surface area contributed by atoms with Crippen LogP contribution in [0.1, 0.15) is 19.4 Å². The Kier molecular flexibility index (Phi) is 4.37. The minimum Gasteiger partial charge on any atom is -0.507 e. The molecule has 0 spiro atoms. The predicted octanol–water partition coefficient (Wildman–Crippen LogP) is 2.49. The minimum absolute atomic E-state index is 0.00535. The van der Waals surface area contributed by atoms with Crippen molar-refractivity contribution in [2.75, 3.05) is 12.8 Å². The average Bonchev–Trinajstić information content (AvgIpc) is 3.02. The molecule has 2 N–H and O–H groups in total. The summed E-state index contributed by atoms with van der Waals surface area (Å²) < 4.78 is 0. The van der Waals surface area contributed by atoms with Gasteiger partial charge in [0.15, 0.2) is 0 Å². The number of aliphatic imine (C=N–C) groups is 1. The van der Waals surface area contributed by atoms with Crippen LogP contribution in [0.5, 0.6) is 5.75 Å². The second-order valence-electron chi connectivity index (χ2n) is 6.16. The molecule has 2 heterocycles. The highest BCUT2D eigenvalue weighted by atomic mass is 32.2. The number of rotatable bonds is 3. The second-order valence-corrected chi connectivity index (χ2v) is 8.63. The number of phenols is 1. The molecule has 0 aromatic heterocycles. The van der Waals surface area contributed by atoms with Crippen LogP contribution >= 0.6 is 23.5 Å². The SMILES string of the molecule is C[C@@H]1SC(c2ccccc2O)=N[C@@H]1[C@@H]1SC[C@@](C)(C(=O)O)N1C. The smallest absolute Gasteiger partial charge is 0.324 e. The van der Waals surface area contributed by atoms with E-state index in [2.05, 4.69) is 6.92 Å². The molecule has 0 aliphatic carbocycles. The van der Waals surface area contributed by atoms with E-state index in [1.165, 1.54) is 0 Å². The number of carboxylic acids is 1. The molecular formula is C16H20N2O3S2. The van der Waals surface area contributed by atoms with Crippen LogP contribution in [0.2, 0.25) is 0 Å². The van der Waals surface area contributed by atoms with Gasteiger partial charge in [0.1, 0.15) is 16.3 Å². The molecule has 0 amide bonds. The monoisotopic (exact) mass is 352 g/mol. The number of likely N-dealkylation sites (N-methyl/N-ethyl adjacent to an activating group) is 1. The number of aliphatic carboxylic acids is 1. The standard InChI is InChI=1S/C16H20N2O3S2/c1-9-12(14-18(3)16(2,8-22-14)15(20)21)17-13(23-9)10-6-4-5-7-11(10)19/h4-7,9,12,14,19H,8H2,1-3H3,(H,20,21)/t9-,12-,14-,16-/m0/s1. The summed E-state index contributed by atoms with van der Waals surface area (Å²) in [6.45, 7) is 3.87.